The van der Waals surface area contributed by atoms with Gasteiger partial charge in [-0.3, -0.25) is 0 Å². The van der Waals surface area contributed by atoms with Crippen LogP contribution in [0.25, 0.3) is 0 Å². The van der Waals surface area contributed by atoms with Gasteiger partial charge in [-0.25, -0.2) is 0 Å². The molecular weight excluding hydrogens is 148 g/mol. The van der Waals surface area contributed by atoms with Crippen molar-refractivity contribution in [3.05, 3.63) is 0 Å². The molecule has 2 unspecified atom stereocenters. The Morgan fingerprint density at radius 1 is 0.667 bits per heavy atom. The van der Waals surface area contributed by atoms with Crippen LogP contribution >= 0.6 is 0 Å². The number of hydrogen-bond donors (Lipinski definition) is 1. The quantitative estimate of drug-likeness (QED) is 0.585. The fourth-order valence-electron chi connectivity index (χ4n) is 4.08. The van der Waals surface area contributed by atoms with Gasteiger partial charge in [0, 0.05) is 0 Å². The average Bonchev–Trinajstić information content (AvgIpc) is 2.16. The molecule has 0 spiro atoms. The topological polar surface area (TPSA) is 20.2 Å². The molecule has 0 radical (unpaired) electrons. The molecule has 0 aliphatic heterocycles. The maximum absolute atomic E-state index is 9.90. The lowest BCUT2D eigenvalue weighted by atomic mass is 9.68. The van der Waals surface area contributed by atoms with E-state index in [0.717, 1.165) is 24.2 Å². The summed E-state index contributed by atoms with van der Waals surface area (Å²) in [6, 6.07) is 0. The third-order valence-corrected chi connectivity index (χ3v) is 4.39. The Hall–Kier alpha value is -0.0400. The average molecular weight is 166 g/mol. The molecule has 4 aliphatic rings. The fraction of sp³-hybridized carbons (Fsp3) is 1.00. The third-order valence-electron chi connectivity index (χ3n) is 4.39. The normalized spacial score (nSPS) is 57.2. The van der Waals surface area contributed by atoms with Gasteiger partial charge in [-0.15, -0.1) is 0 Å². The van der Waals surface area contributed by atoms with Crippen molar-refractivity contribution in [2.45, 2.75) is 44.6 Å². The van der Waals surface area contributed by atoms with Crippen LogP contribution in [0.5, 0.6) is 0 Å². The van der Waals surface area contributed by atoms with Gasteiger partial charge in [0.1, 0.15) is 0 Å². The predicted molar refractivity (Wildman–Crippen MR) is 47.7 cm³/mol. The molecule has 4 aliphatic carbocycles. The molecule has 5 atom stereocenters. The van der Waals surface area contributed by atoms with Gasteiger partial charge in [0.2, 0.25) is 0 Å². The molecule has 0 aromatic rings. The highest BCUT2D eigenvalue weighted by molar-refractivity contribution is 4.93. The monoisotopic (exact) mass is 166 g/mol. The Morgan fingerprint density at radius 3 is 1.75 bits per heavy atom. The first-order valence-corrected chi connectivity index (χ1v) is 5.49. The SMILES string of the molecule is O[C@@H]1CC2C[C@@H]3CC1C[C@H](C2)C3. The van der Waals surface area contributed by atoms with E-state index in [-0.39, 0.29) is 6.10 Å². The zero-order valence-corrected chi connectivity index (χ0v) is 7.58. The van der Waals surface area contributed by atoms with E-state index in [9.17, 15) is 5.11 Å². The van der Waals surface area contributed by atoms with Crippen molar-refractivity contribution in [2.75, 3.05) is 0 Å². The van der Waals surface area contributed by atoms with Crippen molar-refractivity contribution in [3.63, 3.8) is 0 Å². The maximum Gasteiger partial charge on any atom is 0.0571 e. The molecule has 1 nitrogen and oxygen atoms in total. The van der Waals surface area contributed by atoms with E-state index in [4.69, 9.17) is 0 Å². The van der Waals surface area contributed by atoms with Crippen LogP contribution < -0.4 is 0 Å². The summed E-state index contributed by atoms with van der Waals surface area (Å²) in [5.41, 5.74) is 0. The highest BCUT2D eigenvalue weighted by atomic mass is 16.3. The molecule has 4 bridgehead atoms. The van der Waals surface area contributed by atoms with Crippen LogP contribution in [0.15, 0.2) is 0 Å². The first kappa shape index (κ1) is 7.37. The van der Waals surface area contributed by atoms with Gasteiger partial charge in [-0.05, 0) is 62.2 Å². The highest BCUT2D eigenvalue weighted by Crippen LogP contribution is 2.51. The van der Waals surface area contributed by atoms with E-state index in [0.29, 0.717) is 5.92 Å². The van der Waals surface area contributed by atoms with Gasteiger partial charge in [0.25, 0.3) is 0 Å². The molecule has 4 rings (SSSR count). The molecule has 12 heavy (non-hydrogen) atoms. The second kappa shape index (κ2) is 2.47. The number of fused-ring (bicyclic) bond motifs is 1. The van der Waals surface area contributed by atoms with Gasteiger partial charge in [-0.1, -0.05) is 0 Å². The summed E-state index contributed by atoms with van der Waals surface area (Å²) in [6.07, 6.45) is 8.22. The van der Waals surface area contributed by atoms with E-state index >= 15 is 0 Å². The van der Waals surface area contributed by atoms with Crippen molar-refractivity contribution in [2.24, 2.45) is 23.7 Å². The number of rotatable bonds is 0. The minimum Gasteiger partial charge on any atom is -0.393 e. The fourth-order valence-corrected chi connectivity index (χ4v) is 4.08. The zero-order valence-electron chi connectivity index (χ0n) is 7.58. The Kier molecular flexibility index (Phi) is 1.52. The van der Waals surface area contributed by atoms with Gasteiger partial charge < -0.3 is 5.11 Å². The number of aliphatic hydroxyl groups is 1. The van der Waals surface area contributed by atoms with Crippen molar-refractivity contribution >= 4 is 0 Å². The summed E-state index contributed by atoms with van der Waals surface area (Å²) in [5, 5.41) is 9.90. The van der Waals surface area contributed by atoms with E-state index in [1.165, 1.54) is 32.1 Å². The van der Waals surface area contributed by atoms with Crippen LogP contribution in [0.3, 0.4) is 0 Å². The van der Waals surface area contributed by atoms with Gasteiger partial charge in [0.05, 0.1) is 6.10 Å². The summed E-state index contributed by atoms with van der Waals surface area (Å²) in [4.78, 5) is 0. The molecule has 0 saturated heterocycles. The number of hydrogen-bond acceptors (Lipinski definition) is 1. The van der Waals surface area contributed by atoms with E-state index < -0.39 is 0 Å². The lowest BCUT2D eigenvalue weighted by molar-refractivity contribution is 0.0689. The van der Waals surface area contributed by atoms with Gasteiger partial charge >= 0.3 is 0 Å². The lowest BCUT2D eigenvalue weighted by Crippen LogP contribution is -2.29. The Balaban J connectivity index is 1.91. The molecule has 1 N–H and O–H groups in total. The summed E-state index contributed by atoms with van der Waals surface area (Å²) in [7, 11) is 0. The van der Waals surface area contributed by atoms with Crippen molar-refractivity contribution in [1.82, 2.24) is 0 Å². The van der Waals surface area contributed by atoms with Crippen molar-refractivity contribution < 1.29 is 5.11 Å². The largest absolute Gasteiger partial charge is 0.393 e. The molecule has 0 aromatic carbocycles. The minimum absolute atomic E-state index is 0.0605. The molecule has 0 heterocycles. The second-order valence-corrected chi connectivity index (χ2v) is 5.34. The second-order valence-electron chi connectivity index (χ2n) is 5.34. The van der Waals surface area contributed by atoms with Crippen molar-refractivity contribution in [3.8, 4) is 0 Å². The van der Waals surface area contributed by atoms with Gasteiger partial charge in [-0.2, -0.15) is 0 Å². The molecule has 1 heteroatoms. The molecular formula is C11H18O. The Morgan fingerprint density at radius 2 is 1.17 bits per heavy atom. The highest BCUT2D eigenvalue weighted by Gasteiger charge is 2.42. The van der Waals surface area contributed by atoms with Crippen molar-refractivity contribution in [1.29, 1.82) is 0 Å². The van der Waals surface area contributed by atoms with Crippen LogP contribution in [0, 0.1) is 23.7 Å². The Bertz CT molecular complexity index is 175. The van der Waals surface area contributed by atoms with Crippen LogP contribution in [-0.2, 0) is 0 Å². The summed E-state index contributed by atoms with van der Waals surface area (Å²) < 4.78 is 0. The molecule has 0 amide bonds. The molecule has 68 valence electrons. The van der Waals surface area contributed by atoms with Gasteiger partial charge in [0.15, 0.2) is 0 Å². The first-order chi connectivity index (χ1) is 5.81. The molecule has 4 fully saturated rings. The third kappa shape index (κ3) is 1.02. The van der Waals surface area contributed by atoms with E-state index in [1.54, 1.807) is 0 Å². The summed E-state index contributed by atoms with van der Waals surface area (Å²) in [6.45, 7) is 0. The van der Waals surface area contributed by atoms with Crippen LogP contribution in [0.4, 0.5) is 0 Å². The van der Waals surface area contributed by atoms with E-state index in [1.807, 2.05) is 0 Å². The zero-order chi connectivity index (χ0) is 8.13. The van der Waals surface area contributed by atoms with Crippen LogP contribution in [0.2, 0.25) is 0 Å². The summed E-state index contributed by atoms with van der Waals surface area (Å²) in [5.74, 6) is 3.55. The minimum atomic E-state index is 0.0605. The van der Waals surface area contributed by atoms with E-state index in [2.05, 4.69) is 0 Å². The predicted octanol–water partition coefficient (Wildman–Crippen LogP) is 2.19. The first-order valence-electron chi connectivity index (χ1n) is 5.49. The molecule has 0 aromatic heterocycles. The summed E-state index contributed by atoms with van der Waals surface area (Å²) >= 11 is 0. The standard InChI is InChI=1S/C11H18O/c12-11-6-9-2-7-1-8(3-9)5-10(11)4-7/h7-12H,1-6H2/t7-,8+,9?,10?,11-/m1/s1. The van der Waals surface area contributed by atoms with Crippen LogP contribution in [0.1, 0.15) is 38.5 Å². The lowest BCUT2D eigenvalue weighted by Gasteiger charge is -2.38. The molecule has 4 saturated carbocycles. The smallest absolute Gasteiger partial charge is 0.0571 e. The maximum atomic E-state index is 9.90. The number of aliphatic hydroxyl groups excluding tert-OH is 1. The van der Waals surface area contributed by atoms with Crippen LogP contribution in [-0.4, -0.2) is 11.2 Å². The Labute approximate surface area is 74.2 Å².